The second kappa shape index (κ2) is 6.34. The van der Waals surface area contributed by atoms with E-state index >= 15 is 0 Å². The number of benzene rings is 1. The van der Waals surface area contributed by atoms with E-state index in [1.807, 2.05) is 4.90 Å². The lowest BCUT2D eigenvalue weighted by Gasteiger charge is -2.21. The number of carbonyl (C=O) groups is 1. The first kappa shape index (κ1) is 15.3. The average molecular weight is 323 g/mol. The van der Waals surface area contributed by atoms with E-state index in [2.05, 4.69) is 59.2 Å². The number of fused-ring (bicyclic) bond motifs is 1. The number of nitrogens with zero attached hydrogens (tertiary/aromatic N) is 3. The molecule has 126 valence electrons. The Morgan fingerprint density at radius 3 is 2.79 bits per heavy atom. The summed E-state index contributed by atoms with van der Waals surface area (Å²) in [5, 5.41) is 0. The first-order valence-corrected chi connectivity index (χ1v) is 8.93. The van der Waals surface area contributed by atoms with E-state index in [1.165, 1.54) is 16.8 Å². The minimum absolute atomic E-state index is 0.336. The highest BCUT2D eigenvalue weighted by atomic mass is 16.2. The molecule has 3 heterocycles. The van der Waals surface area contributed by atoms with Gasteiger partial charge in [0.2, 0.25) is 5.91 Å². The molecule has 1 saturated heterocycles. The van der Waals surface area contributed by atoms with E-state index < -0.39 is 0 Å². The summed E-state index contributed by atoms with van der Waals surface area (Å²) < 4.78 is 2.10. The molecule has 24 heavy (non-hydrogen) atoms. The Morgan fingerprint density at radius 1 is 1.17 bits per heavy atom. The summed E-state index contributed by atoms with van der Waals surface area (Å²) in [6.07, 6.45) is 7.13. The Hall–Kier alpha value is -2.23. The molecule has 0 saturated carbocycles. The van der Waals surface area contributed by atoms with Crippen LogP contribution in [0.3, 0.4) is 0 Å². The van der Waals surface area contributed by atoms with Crippen LogP contribution in [-0.2, 0) is 18.4 Å². The van der Waals surface area contributed by atoms with Gasteiger partial charge in [-0.3, -0.25) is 4.79 Å². The summed E-state index contributed by atoms with van der Waals surface area (Å²) in [5.41, 5.74) is 4.15. The Kier molecular flexibility index (Phi) is 4.05. The SMILES string of the molecule is Cn1ccc(CN2CC(CCN3CCCC3=O)c3ccccc32)c1. The van der Waals surface area contributed by atoms with Crippen molar-refractivity contribution in [2.24, 2.45) is 7.05 Å². The van der Waals surface area contributed by atoms with E-state index in [0.717, 1.165) is 45.4 Å². The van der Waals surface area contributed by atoms with Gasteiger partial charge in [-0.05, 0) is 36.1 Å². The van der Waals surface area contributed by atoms with Crippen LogP contribution in [0.4, 0.5) is 5.69 Å². The van der Waals surface area contributed by atoms with Crippen molar-refractivity contribution in [1.29, 1.82) is 0 Å². The molecule has 2 aromatic rings. The molecule has 4 nitrogen and oxygen atoms in total. The Morgan fingerprint density at radius 2 is 2.04 bits per heavy atom. The Labute approximate surface area is 143 Å². The van der Waals surface area contributed by atoms with Gasteiger partial charge in [0, 0.05) is 63.6 Å². The van der Waals surface area contributed by atoms with Crippen molar-refractivity contribution in [3.8, 4) is 0 Å². The van der Waals surface area contributed by atoms with Gasteiger partial charge in [-0.25, -0.2) is 0 Å². The van der Waals surface area contributed by atoms with Gasteiger partial charge in [-0.2, -0.15) is 0 Å². The van der Waals surface area contributed by atoms with Crippen LogP contribution in [0.5, 0.6) is 0 Å². The fraction of sp³-hybridized carbons (Fsp3) is 0.450. The summed E-state index contributed by atoms with van der Waals surface area (Å²) in [7, 11) is 2.07. The topological polar surface area (TPSA) is 28.5 Å². The first-order chi connectivity index (χ1) is 11.7. The van der Waals surface area contributed by atoms with Crippen molar-refractivity contribution in [1.82, 2.24) is 9.47 Å². The quantitative estimate of drug-likeness (QED) is 0.846. The van der Waals surface area contributed by atoms with Crippen LogP contribution in [-0.4, -0.2) is 35.0 Å². The molecule has 4 heteroatoms. The maximum atomic E-state index is 11.8. The molecule has 0 aliphatic carbocycles. The first-order valence-electron chi connectivity index (χ1n) is 8.93. The van der Waals surface area contributed by atoms with E-state index in [9.17, 15) is 4.79 Å². The van der Waals surface area contributed by atoms with E-state index in [0.29, 0.717) is 11.8 Å². The van der Waals surface area contributed by atoms with Crippen LogP contribution >= 0.6 is 0 Å². The molecule has 1 atom stereocenters. The number of anilines is 1. The van der Waals surface area contributed by atoms with Crippen molar-refractivity contribution in [2.75, 3.05) is 24.5 Å². The van der Waals surface area contributed by atoms with E-state index in [-0.39, 0.29) is 0 Å². The molecule has 0 radical (unpaired) electrons. The molecule has 0 bridgehead atoms. The summed E-state index contributed by atoms with van der Waals surface area (Å²) in [6.45, 7) is 3.85. The van der Waals surface area contributed by atoms with Crippen molar-refractivity contribution in [2.45, 2.75) is 31.7 Å². The molecule has 0 N–H and O–H groups in total. The lowest BCUT2D eigenvalue weighted by molar-refractivity contribution is -0.127. The van der Waals surface area contributed by atoms with Gasteiger partial charge in [-0.1, -0.05) is 18.2 Å². The maximum absolute atomic E-state index is 11.8. The van der Waals surface area contributed by atoms with Crippen LogP contribution in [0.2, 0.25) is 0 Å². The van der Waals surface area contributed by atoms with E-state index in [4.69, 9.17) is 0 Å². The number of likely N-dealkylation sites (tertiary alicyclic amines) is 1. The minimum Gasteiger partial charge on any atom is -0.366 e. The molecule has 0 spiro atoms. The molecule has 4 rings (SSSR count). The van der Waals surface area contributed by atoms with Crippen LogP contribution in [0.1, 0.15) is 36.3 Å². The minimum atomic E-state index is 0.336. The number of hydrogen-bond acceptors (Lipinski definition) is 2. The number of hydrogen-bond donors (Lipinski definition) is 0. The van der Waals surface area contributed by atoms with Crippen molar-refractivity contribution in [3.05, 3.63) is 53.9 Å². The summed E-state index contributed by atoms with van der Waals surface area (Å²) >= 11 is 0. The maximum Gasteiger partial charge on any atom is 0.222 e. The van der Waals surface area contributed by atoms with Crippen LogP contribution in [0.25, 0.3) is 0 Å². The van der Waals surface area contributed by atoms with Gasteiger partial charge >= 0.3 is 0 Å². The number of para-hydroxylation sites is 1. The molecule has 1 aromatic heterocycles. The van der Waals surface area contributed by atoms with Crippen LogP contribution in [0, 0.1) is 0 Å². The second-order valence-electron chi connectivity index (χ2n) is 7.09. The fourth-order valence-electron chi connectivity index (χ4n) is 4.11. The second-order valence-corrected chi connectivity index (χ2v) is 7.09. The monoisotopic (exact) mass is 323 g/mol. The Bertz CT molecular complexity index is 736. The predicted molar refractivity (Wildman–Crippen MR) is 96.1 cm³/mol. The lowest BCUT2D eigenvalue weighted by atomic mass is 9.98. The Balaban J connectivity index is 1.47. The normalized spacial score (nSPS) is 20.0. The van der Waals surface area contributed by atoms with Crippen LogP contribution < -0.4 is 4.90 Å². The third-order valence-electron chi connectivity index (χ3n) is 5.34. The summed E-state index contributed by atoms with van der Waals surface area (Å²) in [6, 6.07) is 11.0. The molecule has 1 amide bonds. The average Bonchev–Trinajstić information content (AvgIpc) is 3.27. The third-order valence-corrected chi connectivity index (χ3v) is 5.34. The summed E-state index contributed by atoms with van der Waals surface area (Å²) in [4.78, 5) is 16.4. The highest BCUT2D eigenvalue weighted by Gasteiger charge is 2.29. The zero-order valence-corrected chi connectivity index (χ0v) is 14.3. The van der Waals surface area contributed by atoms with Crippen molar-refractivity contribution in [3.63, 3.8) is 0 Å². The fourth-order valence-corrected chi connectivity index (χ4v) is 4.11. The van der Waals surface area contributed by atoms with Gasteiger partial charge in [0.25, 0.3) is 0 Å². The molecule has 2 aliphatic heterocycles. The third kappa shape index (κ3) is 2.93. The molecular weight excluding hydrogens is 298 g/mol. The van der Waals surface area contributed by atoms with Gasteiger partial charge < -0.3 is 14.4 Å². The van der Waals surface area contributed by atoms with Gasteiger partial charge in [0.1, 0.15) is 0 Å². The van der Waals surface area contributed by atoms with E-state index in [1.54, 1.807) is 0 Å². The van der Waals surface area contributed by atoms with Gasteiger partial charge in [0.15, 0.2) is 0 Å². The van der Waals surface area contributed by atoms with Crippen molar-refractivity contribution >= 4 is 11.6 Å². The molecular formula is C20H25N3O. The van der Waals surface area contributed by atoms with Gasteiger partial charge in [0.05, 0.1) is 0 Å². The highest BCUT2D eigenvalue weighted by Crippen LogP contribution is 2.39. The molecule has 1 fully saturated rings. The predicted octanol–water partition coefficient (Wildman–Crippen LogP) is 3.14. The number of aromatic nitrogens is 1. The lowest BCUT2D eigenvalue weighted by Crippen LogP contribution is -2.28. The number of aryl methyl sites for hydroxylation is 1. The standard InChI is InChI=1S/C20H25N3O/c1-21-11-8-16(13-21)14-23-15-17(18-5-2-3-6-19(18)23)9-12-22-10-4-7-20(22)24/h2-3,5-6,8,11,13,17H,4,7,9-10,12,14-15H2,1H3. The molecule has 2 aliphatic rings. The molecule has 1 aromatic carbocycles. The number of carbonyl (C=O) groups excluding carboxylic acids is 1. The van der Waals surface area contributed by atoms with Crippen molar-refractivity contribution < 1.29 is 4.79 Å². The largest absolute Gasteiger partial charge is 0.366 e. The highest BCUT2D eigenvalue weighted by molar-refractivity contribution is 5.78. The zero-order valence-electron chi connectivity index (χ0n) is 14.3. The molecule has 1 unspecified atom stereocenters. The smallest absolute Gasteiger partial charge is 0.222 e. The zero-order chi connectivity index (χ0) is 16.5. The van der Waals surface area contributed by atoms with Gasteiger partial charge in [-0.15, -0.1) is 0 Å². The number of rotatable bonds is 5. The summed E-state index contributed by atoms with van der Waals surface area (Å²) in [5.74, 6) is 0.862. The van der Waals surface area contributed by atoms with Crippen LogP contribution in [0.15, 0.2) is 42.7 Å². The number of amides is 1.